The summed E-state index contributed by atoms with van der Waals surface area (Å²) in [6.45, 7) is 10.6. The average Bonchev–Trinajstić information content (AvgIpc) is 3.23. The number of ether oxygens (including phenoxy) is 1. The van der Waals surface area contributed by atoms with Gasteiger partial charge in [0.2, 0.25) is 0 Å². The van der Waals surface area contributed by atoms with Crippen molar-refractivity contribution in [1.29, 1.82) is 0 Å². The Kier molecular flexibility index (Phi) is 13.6. The van der Waals surface area contributed by atoms with Gasteiger partial charge in [0.15, 0.2) is 0 Å². The van der Waals surface area contributed by atoms with E-state index in [4.69, 9.17) is 0 Å². The van der Waals surface area contributed by atoms with Gasteiger partial charge in [-0.2, -0.15) is 0 Å². The number of methoxy groups -OCH3 is 1. The molecule has 1 saturated heterocycles. The molecule has 4 rings (SSSR count). The predicted molar refractivity (Wildman–Crippen MR) is 179 cm³/mol. The lowest BCUT2D eigenvalue weighted by Gasteiger charge is -2.29. The predicted octanol–water partition coefficient (Wildman–Crippen LogP) is 1.33. The number of aliphatic hydroxyl groups is 2. The number of esters is 1. The molecule has 0 spiro atoms. The molecule has 0 saturated carbocycles. The fourth-order valence-electron chi connectivity index (χ4n) is 4.71. The van der Waals surface area contributed by atoms with Gasteiger partial charge >= 0.3 is 29.1 Å². The van der Waals surface area contributed by atoms with Crippen LogP contribution in [0.5, 0.6) is 5.75 Å². The van der Waals surface area contributed by atoms with Crippen LogP contribution in [0.4, 0.5) is 4.79 Å². The fraction of sp³-hybridized carbons (Fsp3) is 0.455. The van der Waals surface area contributed by atoms with E-state index in [2.05, 4.69) is 11.3 Å². The second kappa shape index (κ2) is 16.7. The highest BCUT2D eigenvalue weighted by Crippen LogP contribution is 2.29. The van der Waals surface area contributed by atoms with E-state index in [1.54, 1.807) is 39.0 Å². The smallest absolute Gasteiger partial charge is 0.341 e. The summed E-state index contributed by atoms with van der Waals surface area (Å²) in [6.07, 6.45) is 1.07. The zero-order chi connectivity index (χ0) is 36.5. The molecule has 1 aromatic heterocycles. The molecule has 1 aliphatic rings. The van der Waals surface area contributed by atoms with E-state index < -0.39 is 46.8 Å². The minimum absolute atomic E-state index is 0.0102. The van der Waals surface area contributed by atoms with Crippen molar-refractivity contribution in [3.05, 3.63) is 86.1 Å². The summed E-state index contributed by atoms with van der Waals surface area (Å²) in [4.78, 5) is 72.3. The maximum atomic E-state index is 12.2. The molecule has 48 heavy (non-hydrogen) atoms. The number of aliphatic hydroxyl groups excluding tert-OH is 2. The monoisotopic (exact) mass is 671 g/mol. The van der Waals surface area contributed by atoms with Crippen LogP contribution in [0.15, 0.2) is 63.4 Å². The number of rotatable bonds is 9. The number of β-amino-alcohol motifs (C(OH)–C–C–N with tert-alkyl or cyclic N) is 2. The van der Waals surface area contributed by atoms with Crippen molar-refractivity contribution in [3.8, 4) is 5.75 Å². The second-order valence-electron chi connectivity index (χ2n) is 11.5. The standard InChI is InChI=1S/C13H24N2O4.C12H10O3.C8H11N3O3/c1-5-9(16)7-14-11(18)13(3,4)15(12(14)19)8-10(17)6-2;1-15-12(14)10-7-6-8-4-2-3-5-9(8)11(10)13;1-4-5-11-7(13)9(2)6(12)10(3)8(11)14/h9-10,16-17H,5-8H2,1-4H3;2-7,13H,1H3;4H,1,5H2,2-3H3. The molecule has 3 N–H and O–H groups in total. The van der Waals surface area contributed by atoms with Crippen LogP contribution in [0.25, 0.3) is 10.8 Å². The van der Waals surface area contributed by atoms with Gasteiger partial charge in [-0.15, -0.1) is 6.58 Å². The van der Waals surface area contributed by atoms with Crippen molar-refractivity contribution in [2.75, 3.05) is 20.2 Å². The van der Waals surface area contributed by atoms with Gasteiger partial charge in [0.05, 0.1) is 32.4 Å². The Morgan fingerprint density at radius 1 is 0.896 bits per heavy atom. The summed E-state index contributed by atoms with van der Waals surface area (Å²) in [5.74, 6) is -0.883. The summed E-state index contributed by atoms with van der Waals surface area (Å²) >= 11 is 0. The molecule has 2 aromatic carbocycles. The Labute approximate surface area is 277 Å². The third-order valence-corrected chi connectivity index (χ3v) is 7.86. The largest absolute Gasteiger partial charge is 0.506 e. The zero-order valence-corrected chi connectivity index (χ0v) is 28.4. The van der Waals surface area contributed by atoms with Crippen LogP contribution in [0, 0.1) is 0 Å². The summed E-state index contributed by atoms with van der Waals surface area (Å²) in [6, 6.07) is 10.2. The third kappa shape index (κ3) is 8.46. The third-order valence-electron chi connectivity index (χ3n) is 7.86. The molecular formula is C33H45N5O10. The molecule has 2 atom stereocenters. The molecule has 2 unspecified atom stereocenters. The zero-order valence-electron chi connectivity index (χ0n) is 28.4. The van der Waals surface area contributed by atoms with E-state index in [0.717, 1.165) is 24.0 Å². The van der Waals surface area contributed by atoms with E-state index >= 15 is 0 Å². The Bertz CT molecular complexity index is 1780. The van der Waals surface area contributed by atoms with E-state index in [9.17, 15) is 44.1 Å². The van der Waals surface area contributed by atoms with Gasteiger partial charge in [-0.3, -0.25) is 9.69 Å². The quantitative estimate of drug-likeness (QED) is 0.170. The Balaban J connectivity index is 0.000000253. The van der Waals surface area contributed by atoms with Crippen molar-refractivity contribution in [3.63, 3.8) is 0 Å². The van der Waals surface area contributed by atoms with Crippen LogP contribution in [-0.4, -0.2) is 94.7 Å². The number of phenols is 1. The number of carbonyl (C=O) groups excluding carboxylic acids is 3. The van der Waals surface area contributed by atoms with Gasteiger partial charge in [-0.25, -0.2) is 37.7 Å². The van der Waals surface area contributed by atoms with Crippen LogP contribution in [0.2, 0.25) is 0 Å². The number of hydrogen-bond acceptors (Lipinski definition) is 10. The Morgan fingerprint density at radius 3 is 1.96 bits per heavy atom. The SMILES string of the molecule is C=CCn1c(=O)n(C)c(=O)n(C)c1=O.CCC(O)CN1C(=O)N(CC(O)CC)C(C)(C)C1=O.COC(=O)c1ccc2ccccc2c1O. The molecule has 15 nitrogen and oxygen atoms in total. The summed E-state index contributed by atoms with van der Waals surface area (Å²) < 4.78 is 7.27. The number of nitrogens with zero attached hydrogens (tertiary/aromatic N) is 5. The normalized spacial score (nSPS) is 14.9. The molecule has 1 aliphatic heterocycles. The van der Waals surface area contributed by atoms with Crippen molar-refractivity contribution >= 4 is 28.7 Å². The number of allylic oxidation sites excluding steroid dienone is 1. The number of aromatic nitrogens is 3. The van der Waals surface area contributed by atoms with Crippen molar-refractivity contribution in [2.24, 2.45) is 14.1 Å². The van der Waals surface area contributed by atoms with E-state index in [1.807, 2.05) is 25.1 Å². The highest BCUT2D eigenvalue weighted by molar-refractivity contribution is 6.06. The number of imide groups is 1. The molecule has 0 bridgehead atoms. The lowest BCUT2D eigenvalue weighted by Crippen LogP contribution is -2.52. The molecule has 1 fully saturated rings. The maximum absolute atomic E-state index is 12.2. The van der Waals surface area contributed by atoms with Gasteiger partial charge in [0, 0.05) is 26.0 Å². The van der Waals surface area contributed by atoms with Gasteiger partial charge in [0.25, 0.3) is 5.91 Å². The lowest BCUT2D eigenvalue weighted by molar-refractivity contribution is -0.133. The summed E-state index contributed by atoms with van der Waals surface area (Å²) in [5, 5.41) is 30.7. The first-order valence-corrected chi connectivity index (χ1v) is 15.3. The van der Waals surface area contributed by atoms with Crippen molar-refractivity contribution in [2.45, 2.75) is 64.8 Å². The highest BCUT2D eigenvalue weighted by atomic mass is 16.5. The molecule has 15 heteroatoms. The number of carbonyl (C=O) groups is 3. The molecule has 3 amide bonds. The first kappa shape index (κ1) is 39.2. The number of hydrogen-bond donors (Lipinski definition) is 3. The molecule has 2 heterocycles. The van der Waals surface area contributed by atoms with Crippen LogP contribution in [-0.2, 0) is 30.2 Å². The van der Waals surface area contributed by atoms with Crippen LogP contribution < -0.4 is 17.1 Å². The molecule has 3 aromatic rings. The van der Waals surface area contributed by atoms with E-state index in [-0.39, 0.29) is 36.9 Å². The number of phenolic OH excluding ortho intramolecular Hbond substituents is 1. The minimum atomic E-state index is -0.972. The number of amides is 3. The average molecular weight is 672 g/mol. The van der Waals surface area contributed by atoms with Gasteiger partial charge < -0.3 is 25.0 Å². The van der Waals surface area contributed by atoms with Gasteiger partial charge in [-0.1, -0.05) is 50.3 Å². The number of benzene rings is 2. The number of fused-ring (bicyclic) bond motifs is 1. The van der Waals surface area contributed by atoms with Crippen molar-refractivity contribution in [1.82, 2.24) is 23.5 Å². The maximum Gasteiger partial charge on any atom is 0.341 e. The lowest BCUT2D eigenvalue weighted by atomic mass is 10.0. The Hall–Kier alpha value is -5.02. The van der Waals surface area contributed by atoms with E-state index in [1.165, 1.54) is 32.2 Å². The van der Waals surface area contributed by atoms with Gasteiger partial charge in [0.1, 0.15) is 16.9 Å². The van der Waals surface area contributed by atoms with Gasteiger partial charge in [-0.05, 0) is 38.1 Å². The summed E-state index contributed by atoms with van der Waals surface area (Å²) in [7, 11) is 3.93. The number of aromatic hydroxyl groups is 1. The highest BCUT2D eigenvalue weighted by Gasteiger charge is 2.51. The second-order valence-corrected chi connectivity index (χ2v) is 11.5. The van der Waals surface area contributed by atoms with Crippen LogP contribution in [0.1, 0.15) is 50.9 Å². The molecule has 0 radical (unpaired) electrons. The molecular weight excluding hydrogens is 626 g/mol. The summed E-state index contributed by atoms with van der Waals surface area (Å²) in [5.41, 5.74) is -2.66. The first-order chi connectivity index (χ1) is 22.5. The number of urea groups is 1. The fourth-order valence-corrected chi connectivity index (χ4v) is 4.71. The minimum Gasteiger partial charge on any atom is -0.506 e. The topological polar surface area (TPSA) is 194 Å². The Morgan fingerprint density at radius 2 is 1.44 bits per heavy atom. The van der Waals surface area contributed by atoms with Crippen LogP contribution >= 0.6 is 0 Å². The van der Waals surface area contributed by atoms with Crippen molar-refractivity contribution < 1.29 is 34.4 Å². The first-order valence-electron chi connectivity index (χ1n) is 15.3. The van der Waals surface area contributed by atoms with E-state index in [0.29, 0.717) is 18.2 Å². The molecule has 0 aliphatic carbocycles. The molecule has 262 valence electrons. The van der Waals surface area contributed by atoms with Crippen LogP contribution in [0.3, 0.4) is 0 Å².